The predicted molar refractivity (Wildman–Crippen MR) is 56.6 cm³/mol. The second-order valence-electron chi connectivity index (χ2n) is 2.76. The molecule has 0 aromatic heterocycles. The van der Waals surface area contributed by atoms with Gasteiger partial charge in [-0.15, -0.1) is 0 Å². The van der Waals surface area contributed by atoms with Gasteiger partial charge in [0.2, 0.25) is 0 Å². The van der Waals surface area contributed by atoms with E-state index in [0.29, 0.717) is 0 Å². The molecular formula is C9H11IO2. The van der Waals surface area contributed by atoms with E-state index in [9.17, 15) is 5.11 Å². The number of hydrogen-bond donors (Lipinski definition) is 1. The van der Waals surface area contributed by atoms with Crippen LogP contribution in [0, 0.1) is 3.57 Å². The van der Waals surface area contributed by atoms with Crippen LogP contribution in [0.25, 0.3) is 0 Å². The second-order valence-corrected chi connectivity index (χ2v) is 3.83. The summed E-state index contributed by atoms with van der Waals surface area (Å²) < 4.78 is 6.23. The van der Waals surface area contributed by atoms with Crippen LogP contribution in [0.4, 0.5) is 0 Å². The van der Waals surface area contributed by atoms with E-state index in [-0.39, 0.29) is 11.9 Å². The Hall–Kier alpha value is -0.450. The number of hydrogen-bond acceptors (Lipinski definition) is 2. The average molecular weight is 278 g/mol. The van der Waals surface area contributed by atoms with E-state index < -0.39 is 0 Å². The van der Waals surface area contributed by atoms with Gasteiger partial charge in [0.05, 0.1) is 9.67 Å². The van der Waals surface area contributed by atoms with Gasteiger partial charge < -0.3 is 9.84 Å². The van der Waals surface area contributed by atoms with Gasteiger partial charge >= 0.3 is 0 Å². The summed E-state index contributed by atoms with van der Waals surface area (Å²) in [7, 11) is 0. The zero-order valence-corrected chi connectivity index (χ0v) is 9.20. The Bertz CT molecular complexity index is 271. The number of benzene rings is 1. The molecule has 2 nitrogen and oxygen atoms in total. The van der Waals surface area contributed by atoms with Crippen molar-refractivity contribution in [1.82, 2.24) is 0 Å². The van der Waals surface area contributed by atoms with Crippen molar-refractivity contribution in [2.75, 3.05) is 0 Å². The van der Waals surface area contributed by atoms with E-state index in [1.165, 1.54) is 0 Å². The summed E-state index contributed by atoms with van der Waals surface area (Å²) >= 11 is 2.06. The number of phenols is 1. The molecule has 1 aromatic rings. The van der Waals surface area contributed by atoms with Crippen LogP contribution in [-0.2, 0) is 0 Å². The minimum absolute atomic E-state index is 0.139. The molecule has 66 valence electrons. The minimum Gasteiger partial charge on any atom is -0.507 e. The second kappa shape index (κ2) is 3.98. The Labute approximate surface area is 85.7 Å². The molecule has 1 rings (SSSR count). The number of aromatic hydroxyl groups is 1. The first kappa shape index (κ1) is 9.64. The van der Waals surface area contributed by atoms with E-state index >= 15 is 0 Å². The SMILES string of the molecule is CC(C)Oc1cccc(O)c1I. The van der Waals surface area contributed by atoms with Crippen molar-refractivity contribution >= 4 is 22.6 Å². The van der Waals surface area contributed by atoms with Crippen molar-refractivity contribution in [2.45, 2.75) is 20.0 Å². The normalized spacial score (nSPS) is 10.3. The fourth-order valence-corrected chi connectivity index (χ4v) is 1.33. The first-order chi connectivity index (χ1) is 5.61. The summed E-state index contributed by atoms with van der Waals surface area (Å²) in [5, 5.41) is 9.33. The van der Waals surface area contributed by atoms with Crippen LogP contribution in [0.3, 0.4) is 0 Å². The standard InChI is InChI=1S/C9H11IO2/c1-6(2)12-8-5-3-4-7(11)9(8)10/h3-6,11H,1-2H3. The fraction of sp³-hybridized carbons (Fsp3) is 0.333. The van der Waals surface area contributed by atoms with Crippen molar-refractivity contribution in [3.8, 4) is 11.5 Å². The lowest BCUT2D eigenvalue weighted by atomic mass is 10.3. The third kappa shape index (κ3) is 2.27. The molecule has 0 amide bonds. The molecule has 0 unspecified atom stereocenters. The lowest BCUT2D eigenvalue weighted by molar-refractivity contribution is 0.239. The quantitative estimate of drug-likeness (QED) is 0.843. The van der Waals surface area contributed by atoms with Gasteiger partial charge in [-0.05, 0) is 48.6 Å². The highest BCUT2D eigenvalue weighted by atomic mass is 127. The average Bonchev–Trinajstić information content (AvgIpc) is 1.98. The Morgan fingerprint density at radius 2 is 2.08 bits per heavy atom. The molecule has 0 aliphatic carbocycles. The van der Waals surface area contributed by atoms with Crippen LogP contribution in [0.1, 0.15) is 13.8 Å². The Balaban J connectivity index is 2.92. The summed E-state index contributed by atoms with van der Waals surface area (Å²) in [6.45, 7) is 3.92. The third-order valence-electron chi connectivity index (χ3n) is 1.31. The largest absolute Gasteiger partial charge is 0.507 e. The van der Waals surface area contributed by atoms with Gasteiger partial charge in [0.15, 0.2) is 0 Å². The summed E-state index contributed by atoms with van der Waals surface area (Å²) in [4.78, 5) is 0. The zero-order chi connectivity index (χ0) is 9.14. The molecule has 0 atom stereocenters. The van der Waals surface area contributed by atoms with E-state index in [0.717, 1.165) is 9.32 Å². The van der Waals surface area contributed by atoms with E-state index in [2.05, 4.69) is 22.6 Å². The van der Waals surface area contributed by atoms with Gasteiger partial charge in [0.1, 0.15) is 11.5 Å². The topological polar surface area (TPSA) is 29.5 Å². The first-order valence-corrected chi connectivity index (χ1v) is 4.83. The highest BCUT2D eigenvalue weighted by molar-refractivity contribution is 14.1. The Morgan fingerprint density at radius 1 is 1.42 bits per heavy atom. The molecule has 0 aliphatic rings. The van der Waals surface area contributed by atoms with Crippen molar-refractivity contribution < 1.29 is 9.84 Å². The molecule has 12 heavy (non-hydrogen) atoms. The molecule has 0 heterocycles. The Kier molecular flexibility index (Phi) is 3.20. The van der Waals surface area contributed by atoms with Gasteiger partial charge in [-0.2, -0.15) is 0 Å². The maximum absolute atomic E-state index is 9.33. The minimum atomic E-state index is 0.139. The first-order valence-electron chi connectivity index (χ1n) is 3.75. The zero-order valence-electron chi connectivity index (χ0n) is 7.04. The van der Waals surface area contributed by atoms with Crippen molar-refractivity contribution in [2.24, 2.45) is 0 Å². The molecule has 1 aromatic carbocycles. The Morgan fingerprint density at radius 3 is 2.67 bits per heavy atom. The molecule has 0 spiro atoms. The lowest BCUT2D eigenvalue weighted by Crippen LogP contribution is -2.06. The van der Waals surface area contributed by atoms with Gasteiger partial charge in [0.25, 0.3) is 0 Å². The van der Waals surface area contributed by atoms with Gasteiger partial charge in [-0.25, -0.2) is 0 Å². The predicted octanol–water partition coefficient (Wildman–Crippen LogP) is 2.78. The summed E-state index contributed by atoms with van der Waals surface area (Å²) in [5.74, 6) is 1.01. The van der Waals surface area contributed by atoms with E-state index in [4.69, 9.17) is 4.74 Å². The smallest absolute Gasteiger partial charge is 0.136 e. The maximum Gasteiger partial charge on any atom is 0.136 e. The van der Waals surface area contributed by atoms with E-state index in [1.54, 1.807) is 12.1 Å². The van der Waals surface area contributed by atoms with Crippen molar-refractivity contribution in [3.05, 3.63) is 21.8 Å². The van der Waals surface area contributed by atoms with Crippen LogP contribution in [0.15, 0.2) is 18.2 Å². The molecule has 3 heteroatoms. The number of rotatable bonds is 2. The van der Waals surface area contributed by atoms with Crippen LogP contribution >= 0.6 is 22.6 Å². The molecule has 0 radical (unpaired) electrons. The van der Waals surface area contributed by atoms with Crippen molar-refractivity contribution in [3.63, 3.8) is 0 Å². The molecule has 0 fully saturated rings. The van der Waals surface area contributed by atoms with Gasteiger partial charge in [-0.3, -0.25) is 0 Å². The van der Waals surface area contributed by atoms with Crippen LogP contribution in [-0.4, -0.2) is 11.2 Å². The summed E-state index contributed by atoms with van der Waals surface area (Å²) in [5.41, 5.74) is 0. The van der Waals surface area contributed by atoms with Crippen molar-refractivity contribution in [1.29, 1.82) is 0 Å². The molecular weight excluding hydrogens is 267 g/mol. The molecule has 0 saturated heterocycles. The van der Waals surface area contributed by atoms with Gasteiger partial charge in [-0.1, -0.05) is 6.07 Å². The van der Waals surface area contributed by atoms with Crippen LogP contribution in [0.5, 0.6) is 11.5 Å². The maximum atomic E-state index is 9.33. The van der Waals surface area contributed by atoms with Gasteiger partial charge in [0, 0.05) is 0 Å². The highest BCUT2D eigenvalue weighted by Crippen LogP contribution is 2.29. The molecule has 0 bridgehead atoms. The third-order valence-corrected chi connectivity index (χ3v) is 2.39. The van der Waals surface area contributed by atoms with Crippen LogP contribution in [0.2, 0.25) is 0 Å². The summed E-state index contributed by atoms with van der Waals surface area (Å²) in [6, 6.07) is 5.27. The van der Waals surface area contributed by atoms with E-state index in [1.807, 2.05) is 19.9 Å². The number of halogens is 1. The number of ether oxygens (including phenoxy) is 1. The highest BCUT2D eigenvalue weighted by Gasteiger charge is 2.05. The monoisotopic (exact) mass is 278 g/mol. The number of phenolic OH excluding ortho intramolecular Hbond substituents is 1. The fourth-order valence-electron chi connectivity index (χ4n) is 0.844. The molecule has 1 N–H and O–H groups in total. The molecule has 0 aliphatic heterocycles. The molecule has 0 saturated carbocycles. The summed E-state index contributed by atoms with van der Waals surface area (Å²) in [6.07, 6.45) is 0.139. The lowest BCUT2D eigenvalue weighted by Gasteiger charge is -2.11. The van der Waals surface area contributed by atoms with Crippen LogP contribution < -0.4 is 4.74 Å².